The number of carbonyl (C=O) groups is 1. The molecule has 0 radical (unpaired) electrons. The fourth-order valence-electron chi connectivity index (χ4n) is 2.89. The predicted octanol–water partition coefficient (Wildman–Crippen LogP) is 5.62. The summed E-state index contributed by atoms with van der Waals surface area (Å²) in [5, 5.41) is 2.92. The summed E-state index contributed by atoms with van der Waals surface area (Å²) in [6.45, 7) is 4.55. The van der Waals surface area contributed by atoms with Crippen molar-refractivity contribution in [2.24, 2.45) is 0 Å². The fraction of sp³-hybridized carbons (Fsp3) is 0.240. The van der Waals surface area contributed by atoms with Crippen molar-refractivity contribution in [1.29, 1.82) is 0 Å². The maximum Gasteiger partial charge on any atom is 0.265 e. The maximum atomic E-state index is 12.6. The Morgan fingerprint density at radius 3 is 2.10 bits per heavy atom. The topological polar surface area (TPSA) is 47.6 Å². The van der Waals surface area contributed by atoms with Gasteiger partial charge in [-0.3, -0.25) is 4.79 Å². The van der Waals surface area contributed by atoms with E-state index in [4.69, 9.17) is 9.47 Å². The molecule has 0 spiro atoms. The molecule has 0 aromatic heterocycles. The Labute approximate surface area is 172 Å². The average molecular weight is 389 g/mol. The molecule has 0 aliphatic carbocycles. The van der Waals surface area contributed by atoms with E-state index in [1.165, 1.54) is 5.56 Å². The van der Waals surface area contributed by atoms with E-state index in [-0.39, 0.29) is 5.91 Å². The van der Waals surface area contributed by atoms with Gasteiger partial charge in [0.25, 0.3) is 5.91 Å². The molecule has 0 aliphatic rings. The minimum atomic E-state index is -0.545. The van der Waals surface area contributed by atoms with E-state index >= 15 is 0 Å². The first kappa shape index (κ1) is 20.5. The van der Waals surface area contributed by atoms with E-state index in [0.29, 0.717) is 24.5 Å². The summed E-state index contributed by atoms with van der Waals surface area (Å²) in [4.78, 5) is 12.6. The lowest BCUT2D eigenvalue weighted by Crippen LogP contribution is -2.32. The molecule has 0 bridgehead atoms. The van der Waals surface area contributed by atoms with Crippen molar-refractivity contribution >= 4 is 11.6 Å². The summed E-state index contributed by atoms with van der Waals surface area (Å²) in [6, 6.07) is 25.2. The number of anilines is 1. The van der Waals surface area contributed by atoms with Crippen molar-refractivity contribution in [3.05, 3.63) is 90.0 Å². The lowest BCUT2D eigenvalue weighted by atomic mass is 10.1. The molecule has 0 saturated carbocycles. The second-order valence-corrected chi connectivity index (χ2v) is 6.80. The first-order chi connectivity index (χ1) is 14.2. The molecule has 1 atom stereocenters. The van der Waals surface area contributed by atoms with Gasteiger partial charge in [-0.1, -0.05) is 56.3 Å². The molecule has 150 valence electrons. The molecule has 29 heavy (non-hydrogen) atoms. The molecule has 1 N–H and O–H groups in total. The molecule has 3 aromatic carbocycles. The molecule has 3 rings (SSSR count). The molecular formula is C25H27NO3. The van der Waals surface area contributed by atoms with E-state index in [9.17, 15) is 4.79 Å². The van der Waals surface area contributed by atoms with Crippen molar-refractivity contribution in [3.8, 4) is 11.5 Å². The minimum absolute atomic E-state index is 0.162. The van der Waals surface area contributed by atoms with Crippen molar-refractivity contribution in [2.45, 2.75) is 39.4 Å². The van der Waals surface area contributed by atoms with Crippen LogP contribution >= 0.6 is 0 Å². The van der Waals surface area contributed by atoms with Gasteiger partial charge >= 0.3 is 0 Å². The van der Waals surface area contributed by atoms with Crippen LogP contribution in [0.2, 0.25) is 0 Å². The Bertz CT molecular complexity index is 890. The molecule has 4 nitrogen and oxygen atoms in total. The number of ether oxygens (including phenoxy) is 2. The van der Waals surface area contributed by atoms with E-state index in [2.05, 4.69) is 12.2 Å². The molecule has 0 heterocycles. The zero-order chi connectivity index (χ0) is 20.5. The smallest absolute Gasteiger partial charge is 0.265 e. The third kappa shape index (κ3) is 6.11. The summed E-state index contributed by atoms with van der Waals surface area (Å²) < 4.78 is 11.7. The van der Waals surface area contributed by atoms with Crippen LogP contribution in [0.25, 0.3) is 0 Å². The monoisotopic (exact) mass is 389 g/mol. The number of nitrogens with one attached hydrogen (secondary N) is 1. The van der Waals surface area contributed by atoms with Crippen molar-refractivity contribution in [3.63, 3.8) is 0 Å². The number of benzene rings is 3. The van der Waals surface area contributed by atoms with Crippen LogP contribution in [0.3, 0.4) is 0 Å². The van der Waals surface area contributed by atoms with Crippen molar-refractivity contribution in [1.82, 2.24) is 0 Å². The van der Waals surface area contributed by atoms with Crippen LogP contribution in [-0.4, -0.2) is 12.0 Å². The summed E-state index contributed by atoms with van der Waals surface area (Å²) >= 11 is 0. The van der Waals surface area contributed by atoms with E-state index < -0.39 is 6.10 Å². The largest absolute Gasteiger partial charge is 0.489 e. The molecule has 3 aromatic rings. The number of amides is 1. The van der Waals surface area contributed by atoms with Gasteiger partial charge in [0.2, 0.25) is 0 Å². The van der Waals surface area contributed by atoms with Gasteiger partial charge in [-0.15, -0.1) is 0 Å². The number of rotatable bonds is 9. The Kier molecular flexibility index (Phi) is 7.28. The highest BCUT2D eigenvalue weighted by Gasteiger charge is 2.18. The summed E-state index contributed by atoms with van der Waals surface area (Å²) in [5.74, 6) is 1.30. The molecule has 0 aliphatic heterocycles. The van der Waals surface area contributed by atoms with Gasteiger partial charge in [0.1, 0.15) is 18.1 Å². The van der Waals surface area contributed by atoms with Crippen LogP contribution in [0.4, 0.5) is 5.69 Å². The number of hydrogen-bond acceptors (Lipinski definition) is 3. The molecule has 0 saturated heterocycles. The van der Waals surface area contributed by atoms with Crippen LogP contribution in [0, 0.1) is 0 Å². The number of hydrogen-bond donors (Lipinski definition) is 1. The third-order valence-electron chi connectivity index (χ3n) is 4.64. The van der Waals surface area contributed by atoms with Gasteiger partial charge < -0.3 is 14.8 Å². The Morgan fingerprint density at radius 1 is 0.828 bits per heavy atom. The molecule has 0 fully saturated rings. The highest BCUT2D eigenvalue weighted by atomic mass is 16.5. The maximum absolute atomic E-state index is 12.6. The Balaban J connectivity index is 1.54. The molecule has 4 heteroatoms. The first-order valence-corrected chi connectivity index (χ1v) is 10.0. The Hall–Kier alpha value is -3.27. The lowest BCUT2D eigenvalue weighted by Gasteiger charge is -2.17. The standard InChI is InChI=1S/C25H27NO3/c1-3-19-10-14-23(15-11-19)29-24(4-2)25(27)26-21-12-16-22(17-13-21)28-18-20-8-6-5-7-9-20/h5-17,24H,3-4,18H2,1-2H3,(H,26,27). The van der Waals surface area contributed by atoms with Crippen LogP contribution < -0.4 is 14.8 Å². The van der Waals surface area contributed by atoms with Gasteiger partial charge in [0, 0.05) is 5.69 Å². The highest BCUT2D eigenvalue weighted by molar-refractivity contribution is 5.94. The van der Waals surface area contributed by atoms with Crippen LogP contribution in [0.5, 0.6) is 11.5 Å². The second-order valence-electron chi connectivity index (χ2n) is 6.80. The second kappa shape index (κ2) is 10.3. The zero-order valence-corrected chi connectivity index (χ0v) is 16.9. The van der Waals surface area contributed by atoms with Gasteiger partial charge in [-0.25, -0.2) is 0 Å². The quantitative estimate of drug-likeness (QED) is 0.516. The van der Waals surface area contributed by atoms with Gasteiger partial charge in [-0.05, 0) is 60.4 Å². The van der Waals surface area contributed by atoms with E-state index in [1.54, 1.807) is 0 Å². The van der Waals surface area contributed by atoms with Gasteiger partial charge in [0.15, 0.2) is 6.10 Å². The van der Waals surface area contributed by atoms with Crippen LogP contribution in [0.15, 0.2) is 78.9 Å². The van der Waals surface area contributed by atoms with Gasteiger partial charge in [-0.2, -0.15) is 0 Å². The van der Waals surface area contributed by atoms with Crippen molar-refractivity contribution in [2.75, 3.05) is 5.32 Å². The number of aryl methyl sites for hydroxylation is 1. The molecule has 1 unspecified atom stereocenters. The fourth-order valence-corrected chi connectivity index (χ4v) is 2.89. The van der Waals surface area contributed by atoms with Crippen LogP contribution in [0.1, 0.15) is 31.4 Å². The zero-order valence-electron chi connectivity index (χ0n) is 16.9. The summed E-state index contributed by atoms with van der Waals surface area (Å²) in [7, 11) is 0. The number of carbonyl (C=O) groups excluding carboxylic acids is 1. The molecular weight excluding hydrogens is 362 g/mol. The first-order valence-electron chi connectivity index (χ1n) is 10.0. The third-order valence-corrected chi connectivity index (χ3v) is 4.64. The summed E-state index contributed by atoms with van der Waals surface area (Å²) in [5.41, 5.74) is 3.06. The normalized spacial score (nSPS) is 11.5. The SMILES string of the molecule is CCc1ccc(OC(CC)C(=O)Nc2ccc(OCc3ccccc3)cc2)cc1. The minimum Gasteiger partial charge on any atom is -0.489 e. The van der Waals surface area contributed by atoms with Gasteiger partial charge in [0.05, 0.1) is 0 Å². The van der Waals surface area contributed by atoms with Crippen LogP contribution in [-0.2, 0) is 17.8 Å². The van der Waals surface area contributed by atoms with E-state index in [0.717, 1.165) is 17.7 Å². The lowest BCUT2D eigenvalue weighted by molar-refractivity contribution is -0.122. The summed E-state index contributed by atoms with van der Waals surface area (Å²) in [6.07, 6.45) is 1.01. The average Bonchev–Trinajstić information content (AvgIpc) is 2.78. The van der Waals surface area contributed by atoms with E-state index in [1.807, 2.05) is 85.8 Å². The predicted molar refractivity (Wildman–Crippen MR) is 116 cm³/mol. The molecule has 1 amide bonds. The van der Waals surface area contributed by atoms with Crippen molar-refractivity contribution < 1.29 is 14.3 Å². The Morgan fingerprint density at radius 2 is 1.48 bits per heavy atom. The highest BCUT2D eigenvalue weighted by Crippen LogP contribution is 2.19.